The maximum atomic E-state index is 12.4. The molecule has 0 aliphatic carbocycles. The number of benzene rings is 3. The zero-order valence-corrected chi connectivity index (χ0v) is 19.8. The van der Waals surface area contributed by atoms with Crippen molar-refractivity contribution in [3.8, 4) is 11.5 Å². The summed E-state index contributed by atoms with van der Waals surface area (Å²) >= 11 is 4.95. The van der Waals surface area contributed by atoms with Gasteiger partial charge in [0, 0.05) is 14.1 Å². The number of ether oxygens (including phenoxy) is 2. The molecule has 3 aromatic rings. The average Bonchev–Trinajstić information content (AvgIpc) is 3.05. The summed E-state index contributed by atoms with van der Waals surface area (Å²) in [6.45, 7) is 0.412. The molecule has 1 fully saturated rings. The number of hydrogen-bond acceptors (Lipinski definition) is 5. The lowest BCUT2D eigenvalue weighted by atomic mass is 10.1. The number of carbonyl (C=O) groups is 1. The highest BCUT2D eigenvalue weighted by Gasteiger charge is 2.29. The summed E-state index contributed by atoms with van der Waals surface area (Å²) in [4.78, 5) is 18.7. The maximum Gasteiger partial charge on any atom is 0.266 e. The zero-order chi connectivity index (χ0) is 22.0. The van der Waals surface area contributed by atoms with Crippen molar-refractivity contribution in [3.63, 3.8) is 0 Å². The van der Waals surface area contributed by atoms with Gasteiger partial charge in [-0.1, -0.05) is 36.4 Å². The molecule has 1 heterocycles. The van der Waals surface area contributed by atoms with E-state index in [-0.39, 0.29) is 5.91 Å². The second-order valence-corrected chi connectivity index (χ2v) is 8.85. The number of aliphatic imine (C=N–C) groups is 1. The topological polar surface area (TPSA) is 51.1 Å². The zero-order valence-electron chi connectivity index (χ0n) is 17.4. The lowest BCUT2D eigenvalue weighted by molar-refractivity contribution is -0.121. The van der Waals surface area contributed by atoms with Crippen LogP contribution in [0.15, 0.2) is 69.0 Å². The Hall–Kier alpha value is -2.77. The van der Waals surface area contributed by atoms with Crippen LogP contribution in [0, 0.1) is 0 Å². The van der Waals surface area contributed by atoms with E-state index in [2.05, 4.69) is 51.3 Å². The molecule has 3 aromatic carbocycles. The van der Waals surface area contributed by atoms with Crippen LogP contribution >= 0.6 is 27.7 Å². The molecule has 0 bridgehead atoms. The monoisotopic (exact) mass is 496 g/mol. The molecule has 0 atom stereocenters. The molecule has 0 aromatic heterocycles. The first-order valence-corrected chi connectivity index (χ1v) is 11.2. The van der Waals surface area contributed by atoms with Gasteiger partial charge in [-0.25, -0.2) is 0 Å². The van der Waals surface area contributed by atoms with Gasteiger partial charge in [-0.2, -0.15) is 0 Å². The summed E-state index contributed by atoms with van der Waals surface area (Å²) in [5.74, 6) is 1.14. The summed E-state index contributed by atoms with van der Waals surface area (Å²) in [7, 11) is 5.00. The Bertz CT molecular complexity index is 1220. The number of carbonyl (C=O) groups excluding carboxylic acids is 1. The van der Waals surface area contributed by atoms with Crippen LogP contribution in [0.25, 0.3) is 16.8 Å². The Labute approximate surface area is 193 Å². The van der Waals surface area contributed by atoms with Crippen molar-refractivity contribution in [3.05, 3.63) is 75.1 Å². The third-order valence-corrected chi connectivity index (χ3v) is 6.68. The Morgan fingerprint density at radius 1 is 1.13 bits per heavy atom. The van der Waals surface area contributed by atoms with Crippen molar-refractivity contribution in [2.24, 2.45) is 4.99 Å². The molecule has 7 heteroatoms. The van der Waals surface area contributed by atoms with E-state index in [1.165, 1.54) is 22.5 Å². The van der Waals surface area contributed by atoms with Gasteiger partial charge in [0.15, 0.2) is 16.7 Å². The standard InChI is InChI=1S/C24H21BrN2O3S/c1-26-24-27(2)23(28)21(31-24)13-16-11-19(25)22(20(12-16)29-3)30-14-15-8-9-17-6-4-5-7-18(17)10-15/h4-13H,14H2,1-3H3/b21-13+,26-24?. The van der Waals surface area contributed by atoms with Gasteiger partial charge in [0.1, 0.15) is 6.61 Å². The van der Waals surface area contributed by atoms with Crippen LogP contribution in [0.5, 0.6) is 11.5 Å². The van der Waals surface area contributed by atoms with E-state index < -0.39 is 0 Å². The van der Waals surface area contributed by atoms with Crippen LogP contribution in [-0.4, -0.2) is 37.2 Å². The second kappa shape index (κ2) is 9.16. The molecule has 0 saturated carbocycles. The van der Waals surface area contributed by atoms with E-state index in [9.17, 15) is 4.79 Å². The molecule has 0 spiro atoms. The summed E-state index contributed by atoms with van der Waals surface area (Å²) in [6.07, 6.45) is 1.84. The fourth-order valence-electron chi connectivity index (χ4n) is 3.35. The van der Waals surface area contributed by atoms with Crippen LogP contribution in [0.3, 0.4) is 0 Å². The van der Waals surface area contributed by atoms with Crippen molar-refractivity contribution in [2.45, 2.75) is 6.61 Å². The van der Waals surface area contributed by atoms with Gasteiger partial charge >= 0.3 is 0 Å². The van der Waals surface area contributed by atoms with Gasteiger partial charge < -0.3 is 9.47 Å². The van der Waals surface area contributed by atoms with Crippen molar-refractivity contribution in [2.75, 3.05) is 21.2 Å². The molecular weight excluding hydrogens is 476 g/mol. The average molecular weight is 497 g/mol. The number of hydrogen-bond donors (Lipinski definition) is 0. The van der Waals surface area contributed by atoms with Gasteiger partial charge in [-0.3, -0.25) is 14.7 Å². The first-order chi connectivity index (χ1) is 15.0. The number of likely N-dealkylation sites (N-methyl/N-ethyl adjacent to an activating group) is 1. The maximum absolute atomic E-state index is 12.4. The number of amidine groups is 1. The Morgan fingerprint density at radius 2 is 1.90 bits per heavy atom. The van der Waals surface area contributed by atoms with Crippen molar-refractivity contribution >= 4 is 55.6 Å². The van der Waals surface area contributed by atoms with E-state index in [1.807, 2.05) is 30.3 Å². The molecule has 0 radical (unpaired) electrons. The molecule has 0 unspecified atom stereocenters. The smallest absolute Gasteiger partial charge is 0.266 e. The van der Waals surface area contributed by atoms with Gasteiger partial charge in [0.25, 0.3) is 5.91 Å². The normalized spacial score (nSPS) is 16.5. The van der Waals surface area contributed by atoms with Gasteiger partial charge in [-0.05, 0) is 73.9 Å². The quantitative estimate of drug-likeness (QED) is 0.423. The Balaban J connectivity index is 1.58. The third kappa shape index (κ3) is 4.48. The SMILES string of the molecule is CN=C1S/C(=C/c2cc(Br)c(OCc3ccc4ccccc4c3)c(OC)c2)C(=O)N1C. The summed E-state index contributed by atoms with van der Waals surface area (Å²) in [5.41, 5.74) is 1.91. The van der Waals surface area contributed by atoms with Crippen LogP contribution in [0.1, 0.15) is 11.1 Å². The number of fused-ring (bicyclic) bond motifs is 1. The van der Waals surface area contributed by atoms with E-state index >= 15 is 0 Å². The molecule has 4 rings (SSSR count). The third-order valence-electron chi connectivity index (χ3n) is 4.94. The van der Waals surface area contributed by atoms with E-state index in [0.29, 0.717) is 28.2 Å². The number of thioether (sulfide) groups is 1. The van der Waals surface area contributed by atoms with Crippen LogP contribution in [0.2, 0.25) is 0 Å². The number of amides is 1. The molecular formula is C24H21BrN2O3S. The predicted molar refractivity (Wildman–Crippen MR) is 131 cm³/mol. The first kappa shape index (κ1) is 21.5. The van der Waals surface area contributed by atoms with Crippen molar-refractivity contribution in [1.29, 1.82) is 0 Å². The second-order valence-electron chi connectivity index (χ2n) is 6.99. The van der Waals surface area contributed by atoms with Gasteiger partial charge in [-0.15, -0.1) is 0 Å². The minimum absolute atomic E-state index is 0.0719. The molecule has 1 amide bonds. The highest BCUT2D eigenvalue weighted by atomic mass is 79.9. The lowest BCUT2D eigenvalue weighted by Crippen LogP contribution is -2.23. The molecule has 31 heavy (non-hydrogen) atoms. The molecule has 1 saturated heterocycles. The number of halogens is 1. The predicted octanol–water partition coefficient (Wildman–Crippen LogP) is 5.72. The number of nitrogens with zero attached hydrogens (tertiary/aromatic N) is 2. The number of rotatable bonds is 5. The molecule has 1 aliphatic heterocycles. The van der Waals surface area contributed by atoms with E-state index in [0.717, 1.165) is 15.6 Å². The fourth-order valence-corrected chi connectivity index (χ4v) is 4.85. The summed E-state index contributed by atoms with van der Waals surface area (Å²) in [6, 6.07) is 18.3. The minimum Gasteiger partial charge on any atom is -0.493 e. The first-order valence-electron chi connectivity index (χ1n) is 9.62. The fraction of sp³-hybridized carbons (Fsp3) is 0.167. The van der Waals surface area contributed by atoms with Crippen LogP contribution in [0.4, 0.5) is 0 Å². The largest absolute Gasteiger partial charge is 0.493 e. The summed E-state index contributed by atoms with van der Waals surface area (Å²) < 4.78 is 12.4. The lowest BCUT2D eigenvalue weighted by Gasteiger charge is -2.14. The van der Waals surface area contributed by atoms with Gasteiger partial charge in [0.2, 0.25) is 0 Å². The van der Waals surface area contributed by atoms with Crippen molar-refractivity contribution in [1.82, 2.24) is 4.90 Å². The Morgan fingerprint density at radius 3 is 2.61 bits per heavy atom. The molecule has 158 valence electrons. The molecule has 0 N–H and O–H groups in total. The highest BCUT2D eigenvalue weighted by molar-refractivity contribution is 9.10. The van der Waals surface area contributed by atoms with E-state index in [1.54, 1.807) is 26.1 Å². The van der Waals surface area contributed by atoms with Gasteiger partial charge in [0.05, 0.1) is 16.5 Å². The number of methoxy groups -OCH3 is 1. The van der Waals surface area contributed by atoms with Crippen LogP contribution in [-0.2, 0) is 11.4 Å². The van der Waals surface area contributed by atoms with Crippen LogP contribution < -0.4 is 9.47 Å². The minimum atomic E-state index is -0.0719. The molecule has 5 nitrogen and oxygen atoms in total. The molecule has 1 aliphatic rings. The Kier molecular flexibility index (Phi) is 6.34. The van der Waals surface area contributed by atoms with Crippen molar-refractivity contribution < 1.29 is 14.3 Å². The van der Waals surface area contributed by atoms with E-state index in [4.69, 9.17) is 9.47 Å². The summed E-state index contributed by atoms with van der Waals surface area (Å²) in [5, 5.41) is 3.05. The highest BCUT2D eigenvalue weighted by Crippen LogP contribution is 2.39.